The molecule has 0 aromatic rings. The molecule has 1 aliphatic carbocycles. The Kier molecular flexibility index (Phi) is 6.24. The standard InChI is InChI=1S/C15H33N3O2S/c1-14(2)10-13(11-15(3,4)12-14)17-21(19,20)18(6)9-7-8-16-5/h13,16-17H,7-12H2,1-6H3. The first-order valence-electron chi connectivity index (χ1n) is 7.86. The van der Waals surface area contributed by atoms with E-state index in [1.54, 1.807) is 7.05 Å². The van der Waals surface area contributed by atoms with Crippen molar-refractivity contribution in [1.29, 1.82) is 0 Å². The van der Waals surface area contributed by atoms with Crippen molar-refractivity contribution in [1.82, 2.24) is 14.3 Å². The van der Waals surface area contributed by atoms with E-state index in [9.17, 15) is 8.42 Å². The summed E-state index contributed by atoms with van der Waals surface area (Å²) >= 11 is 0. The van der Waals surface area contributed by atoms with Crippen molar-refractivity contribution in [2.45, 2.75) is 59.4 Å². The fourth-order valence-corrected chi connectivity index (χ4v) is 4.97. The summed E-state index contributed by atoms with van der Waals surface area (Å²) in [7, 11) is 0.139. The molecule has 0 aliphatic heterocycles. The highest BCUT2D eigenvalue weighted by atomic mass is 32.2. The van der Waals surface area contributed by atoms with E-state index in [0.717, 1.165) is 32.2 Å². The van der Waals surface area contributed by atoms with Gasteiger partial charge in [0.05, 0.1) is 0 Å². The molecule has 0 saturated heterocycles. The highest BCUT2D eigenvalue weighted by Gasteiger charge is 2.40. The summed E-state index contributed by atoms with van der Waals surface area (Å²) in [5, 5.41) is 3.04. The Hall–Kier alpha value is -0.170. The van der Waals surface area contributed by atoms with Crippen LogP contribution in [0.5, 0.6) is 0 Å². The van der Waals surface area contributed by atoms with E-state index in [-0.39, 0.29) is 16.9 Å². The van der Waals surface area contributed by atoms with E-state index in [2.05, 4.69) is 37.7 Å². The van der Waals surface area contributed by atoms with Crippen LogP contribution in [0.15, 0.2) is 0 Å². The van der Waals surface area contributed by atoms with E-state index in [1.807, 2.05) is 7.05 Å². The van der Waals surface area contributed by atoms with Gasteiger partial charge in [-0.15, -0.1) is 0 Å². The maximum absolute atomic E-state index is 12.4. The second-order valence-electron chi connectivity index (χ2n) is 8.01. The monoisotopic (exact) mass is 319 g/mol. The van der Waals surface area contributed by atoms with Gasteiger partial charge in [-0.1, -0.05) is 27.7 Å². The number of rotatable bonds is 7. The second-order valence-corrected chi connectivity index (χ2v) is 9.82. The van der Waals surface area contributed by atoms with E-state index in [0.29, 0.717) is 6.54 Å². The average Bonchev–Trinajstić information content (AvgIpc) is 2.23. The van der Waals surface area contributed by atoms with Gasteiger partial charge in [-0.05, 0) is 50.1 Å². The highest BCUT2D eigenvalue weighted by molar-refractivity contribution is 7.87. The van der Waals surface area contributed by atoms with Gasteiger partial charge in [0, 0.05) is 19.6 Å². The molecule has 5 nitrogen and oxygen atoms in total. The summed E-state index contributed by atoms with van der Waals surface area (Å²) in [5.74, 6) is 0. The molecule has 0 amide bonds. The number of hydrogen-bond donors (Lipinski definition) is 2. The van der Waals surface area contributed by atoms with Crippen molar-refractivity contribution in [3.8, 4) is 0 Å². The smallest absolute Gasteiger partial charge is 0.279 e. The van der Waals surface area contributed by atoms with Crippen molar-refractivity contribution >= 4 is 10.2 Å². The molecule has 0 atom stereocenters. The van der Waals surface area contributed by atoms with Crippen LogP contribution in [-0.2, 0) is 10.2 Å². The molecule has 0 aromatic carbocycles. The Labute approximate surface area is 131 Å². The molecule has 0 spiro atoms. The highest BCUT2D eigenvalue weighted by Crippen LogP contribution is 2.45. The molecule has 0 bridgehead atoms. The lowest BCUT2D eigenvalue weighted by Gasteiger charge is -2.45. The van der Waals surface area contributed by atoms with E-state index in [1.165, 1.54) is 4.31 Å². The van der Waals surface area contributed by atoms with Crippen LogP contribution < -0.4 is 10.0 Å². The quantitative estimate of drug-likeness (QED) is 0.705. The summed E-state index contributed by atoms with van der Waals surface area (Å²) in [6.45, 7) is 10.3. The van der Waals surface area contributed by atoms with Crippen LogP contribution in [0.2, 0.25) is 0 Å². The molecule has 6 heteroatoms. The van der Waals surface area contributed by atoms with E-state index in [4.69, 9.17) is 0 Å². The Bertz CT molecular complexity index is 416. The molecule has 126 valence electrons. The maximum Gasteiger partial charge on any atom is 0.279 e. The lowest BCUT2D eigenvalue weighted by molar-refractivity contribution is 0.0928. The molecule has 0 radical (unpaired) electrons. The molecule has 21 heavy (non-hydrogen) atoms. The van der Waals surface area contributed by atoms with Gasteiger partial charge in [0.1, 0.15) is 0 Å². The lowest BCUT2D eigenvalue weighted by Crippen LogP contribution is -2.49. The van der Waals surface area contributed by atoms with Crippen LogP contribution in [0.25, 0.3) is 0 Å². The van der Waals surface area contributed by atoms with Gasteiger partial charge in [-0.2, -0.15) is 17.4 Å². The number of hydrogen-bond acceptors (Lipinski definition) is 3. The van der Waals surface area contributed by atoms with Gasteiger partial charge in [-0.25, -0.2) is 0 Å². The fourth-order valence-electron chi connectivity index (χ4n) is 3.83. The zero-order chi connectivity index (χ0) is 16.3. The zero-order valence-corrected chi connectivity index (χ0v) is 15.3. The molecule has 1 rings (SSSR count). The third-order valence-corrected chi connectivity index (χ3v) is 5.82. The SMILES string of the molecule is CNCCCN(C)S(=O)(=O)NC1CC(C)(C)CC(C)(C)C1. The predicted molar refractivity (Wildman–Crippen MR) is 88.4 cm³/mol. The van der Waals surface area contributed by atoms with Crippen LogP contribution >= 0.6 is 0 Å². The maximum atomic E-state index is 12.4. The van der Waals surface area contributed by atoms with Gasteiger partial charge in [-0.3, -0.25) is 0 Å². The Morgan fingerprint density at radius 3 is 2.14 bits per heavy atom. The molecule has 2 N–H and O–H groups in total. The normalized spacial score (nSPS) is 22.6. The molecule has 1 aliphatic rings. The third-order valence-electron chi connectivity index (χ3n) is 4.18. The second kappa shape index (κ2) is 6.94. The van der Waals surface area contributed by atoms with E-state index >= 15 is 0 Å². The summed E-state index contributed by atoms with van der Waals surface area (Å²) in [5.41, 5.74) is 0.360. The predicted octanol–water partition coefficient (Wildman–Crippen LogP) is 1.97. The van der Waals surface area contributed by atoms with Gasteiger partial charge in [0.2, 0.25) is 0 Å². The fraction of sp³-hybridized carbons (Fsp3) is 1.00. The summed E-state index contributed by atoms with van der Waals surface area (Å²) in [6.07, 6.45) is 3.76. The topological polar surface area (TPSA) is 61.4 Å². The van der Waals surface area contributed by atoms with Crippen LogP contribution in [-0.4, -0.2) is 45.9 Å². The lowest BCUT2D eigenvalue weighted by atomic mass is 9.64. The molecular formula is C15H33N3O2S. The Balaban J connectivity index is 2.65. The molecule has 0 unspecified atom stereocenters. The zero-order valence-electron chi connectivity index (χ0n) is 14.5. The van der Waals surface area contributed by atoms with Crippen LogP contribution in [0, 0.1) is 10.8 Å². The van der Waals surface area contributed by atoms with Crippen molar-refractivity contribution in [3.63, 3.8) is 0 Å². The molecule has 1 fully saturated rings. The molecular weight excluding hydrogens is 286 g/mol. The minimum absolute atomic E-state index is 0.0282. The first-order chi connectivity index (χ1) is 9.47. The number of nitrogens with one attached hydrogen (secondary N) is 2. The largest absolute Gasteiger partial charge is 0.320 e. The molecule has 0 heterocycles. The minimum atomic E-state index is -3.39. The van der Waals surface area contributed by atoms with Crippen LogP contribution in [0.4, 0.5) is 0 Å². The molecule has 1 saturated carbocycles. The Morgan fingerprint density at radius 2 is 1.67 bits per heavy atom. The van der Waals surface area contributed by atoms with E-state index < -0.39 is 10.2 Å². The summed E-state index contributed by atoms with van der Waals surface area (Å²) in [6, 6.07) is 0.0282. The van der Waals surface area contributed by atoms with Crippen molar-refractivity contribution in [2.24, 2.45) is 10.8 Å². The van der Waals surface area contributed by atoms with Gasteiger partial charge in [0.25, 0.3) is 10.2 Å². The van der Waals surface area contributed by atoms with Gasteiger partial charge >= 0.3 is 0 Å². The third kappa shape index (κ3) is 6.22. The molecule has 0 aromatic heterocycles. The van der Waals surface area contributed by atoms with Crippen LogP contribution in [0.1, 0.15) is 53.4 Å². The van der Waals surface area contributed by atoms with Gasteiger partial charge < -0.3 is 5.32 Å². The summed E-state index contributed by atoms with van der Waals surface area (Å²) in [4.78, 5) is 0. The summed E-state index contributed by atoms with van der Waals surface area (Å²) < 4.78 is 29.2. The van der Waals surface area contributed by atoms with Crippen molar-refractivity contribution in [3.05, 3.63) is 0 Å². The average molecular weight is 320 g/mol. The minimum Gasteiger partial charge on any atom is -0.320 e. The van der Waals surface area contributed by atoms with Gasteiger partial charge in [0.15, 0.2) is 0 Å². The first kappa shape index (κ1) is 18.9. The van der Waals surface area contributed by atoms with Crippen LogP contribution in [0.3, 0.4) is 0 Å². The first-order valence-corrected chi connectivity index (χ1v) is 9.30. The van der Waals surface area contributed by atoms with Crippen molar-refractivity contribution in [2.75, 3.05) is 27.2 Å². The Morgan fingerprint density at radius 1 is 1.14 bits per heavy atom. The van der Waals surface area contributed by atoms with Crippen molar-refractivity contribution < 1.29 is 8.42 Å². The number of nitrogens with zero attached hydrogens (tertiary/aromatic N) is 1.